The molecule has 9 nitrogen and oxygen atoms in total. The summed E-state index contributed by atoms with van der Waals surface area (Å²) in [6.45, 7) is 3.43. The third kappa shape index (κ3) is 4.66. The molecule has 1 amide bonds. The molecule has 3 saturated heterocycles. The van der Waals surface area contributed by atoms with Crippen LogP contribution in [0.1, 0.15) is 74.6 Å². The number of nitrogens with one attached hydrogen (secondary N) is 2. The molecule has 0 aromatic carbocycles. The van der Waals surface area contributed by atoms with Gasteiger partial charge < -0.3 is 21.1 Å². The number of hydrogen-bond donors (Lipinski definition) is 3. The smallest absolute Gasteiger partial charge is 0.259 e. The van der Waals surface area contributed by atoms with Crippen molar-refractivity contribution in [2.75, 3.05) is 38.6 Å². The van der Waals surface area contributed by atoms with Gasteiger partial charge in [0.1, 0.15) is 11.7 Å². The number of nitrogens with two attached hydrogens (primary N) is 1. The lowest BCUT2D eigenvalue weighted by Gasteiger charge is -2.56. The SMILES string of the molecule is Nc1nn2cc(F)cnc2c1C(=O)NC1C(N2CCC3(CC2)COC3)C(F)CNC12CCCCCCCC2. The van der Waals surface area contributed by atoms with Crippen molar-refractivity contribution < 1.29 is 18.3 Å². The normalized spacial score (nSPS) is 29.9. The minimum atomic E-state index is -1.13. The summed E-state index contributed by atoms with van der Waals surface area (Å²) in [4.78, 5) is 20.2. The minimum Gasteiger partial charge on any atom is -0.381 e. The van der Waals surface area contributed by atoms with Gasteiger partial charge in [-0.05, 0) is 38.8 Å². The van der Waals surface area contributed by atoms with Crippen molar-refractivity contribution in [1.29, 1.82) is 0 Å². The van der Waals surface area contributed by atoms with Crippen LogP contribution in [0.25, 0.3) is 5.65 Å². The highest BCUT2D eigenvalue weighted by atomic mass is 19.1. The van der Waals surface area contributed by atoms with E-state index in [1.165, 1.54) is 17.4 Å². The molecule has 0 radical (unpaired) electrons. The number of halogens is 2. The molecular formula is C27H39F2N7O2. The number of anilines is 1. The van der Waals surface area contributed by atoms with Crippen molar-refractivity contribution in [3.8, 4) is 0 Å². The topological polar surface area (TPSA) is 110 Å². The summed E-state index contributed by atoms with van der Waals surface area (Å²) in [6, 6.07) is -0.911. The summed E-state index contributed by atoms with van der Waals surface area (Å²) in [5, 5.41) is 11.0. The second kappa shape index (κ2) is 10.3. The van der Waals surface area contributed by atoms with E-state index in [2.05, 4.69) is 25.6 Å². The number of ether oxygens (including phenoxy) is 1. The molecule has 5 heterocycles. The molecule has 11 heteroatoms. The summed E-state index contributed by atoms with van der Waals surface area (Å²) in [5.74, 6) is -1.04. The number of piperidine rings is 2. The molecule has 4 fully saturated rings. The van der Waals surface area contributed by atoms with Crippen molar-refractivity contribution in [3.05, 3.63) is 23.8 Å². The molecule has 38 heavy (non-hydrogen) atoms. The molecule has 208 valence electrons. The number of likely N-dealkylation sites (tertiary alicyclic amines) is 1. The Hall–Kier alpha value is -2.37. The van der Waals surface area contributed by atoms with E-state index in [0.29, 0.717) is 0 Å². The molecule has 3 aliphatic heterocycles. The van der Waals surface area contributed by atoms with Crippen molar-refractivity contribution >= 4 is 17.4 Å². The number of hydrogen-bond acceptors (Lipinski definition) is 7. The minimum absolute atomic E-state index is 0.0221. The molecule has 4 N–H and O–H groups in total. The van der Waals surface area contributed by atoms with E-state index in [0.717, 1.165) is 90.1 Å². The van der Waals surface area contributed by atoms with Crippen LogP contribution in [0.3, 0.4) is 0 Å². The molecule has 3 unspecified atom stereocenters. The van der Waals surface area contributed by atoms with E-state index < -0.39 is 35.5 Å². The Bertz CT molecular complexity index is 1150. The molecule has 1 saturated carbocycles. The highest BCUT2D eigenvalue weighted by Gasteiger charge is 2.53. The molecule has 4 aliphatic rings. The van der Waals surface area contributed by atoms with Gasteiger partial charge in [0.25, 0.3) is 5.91 Å². The van der Waals surface area contributed by atoms with E-state index in [-0.39, 0.29) is 29.0 Å². The highest BCUT2D eigenvalue weighted by Crippen LogP contribution is 2.42. The lowest BCUT2D eigenvalue weighted by molar-refractivity contribution is -0.148. The number of carbonyl (C=O) groups excluding carboxylic acids is 1. The zero-order valence-corrected chi connectivity index (χ0v) is 21.9. The van der Waals surface area contributed by atoms with Gasteiger partial charge in [0.05, 0.1) is 37.7 Å². The first-order valence-corrected chi connectivity index (χ1v) is 14.2. The zero-order chi connectivity index (χ0) is 26.3. The molecule has 1 aliphatic carbocycles. The van der Waals surface area contributed by atoms with Crippen LogP contribution in [0.2, 0.25) is 0 Å². The van der Waals surface area contributed by atoms with Crippen LogP contribution in [0.4, 0.5) is 14.6 Å². The molecule has 3 atom stereocenters. The number of rotatable bonds is 3. The second-order valence-corrected chi connectivity index (χ2v) is 11.9. The van der Waals surface area contributed by atoms with Crippen LogP contribution in [0, 0.1) is 11.2 Å². The third-order valence-electron chi connectivity index (χ3n) is 9.53. The predicted octanol–water partition coefficient (Wildman–Crippen LogP) is 2.84. The quantitative estimate of drug-likeness (QED) is 0.559. The maximum Gasteiger partial charge on any atom is 0.259 e. The first-order valence-electron chi connectivity index (χ1n) is 14.2. The average Bonchev–Trinajstić information content (AvgIpc) is 3.26. The predicted molar refractivity (Wildman–Crippen MR) is 139 cm³/mol. The van der Waals surface area contributed by atoms with Crippen molar-refractivity contribution in [1.82, 2.24) is 30.1 Å². The lowest BCUT2D eigenvalue weighted by atomic mass is 9.71. The average molecular weight is 532 g/mol. The van der Waals surface area contributed by atoms with Crippen molar-refractivity contribution in [2.24, 2.45) is 5.41 Å². The van der Waals surface area contributed by atoms with E-state index in [1.54, 1.807) is 0 Å². The van der Waals surface area contributed by atoms with E-state index in [1.807, 2.05) is 0 Å². The van der Waals surface area contributed by atoms with Gasteiger partial charge in [-0.15, -0.1) is 5.10 Å². The molecule has 2 spiro atoms. The number of aromatic nitrogens is 3. The molecular weight excluding hydrogens is 492 g/mol. The van der Waals surface area contributed by atoms with Gasteiger partial charge in [-0.3, -0.25) is 9.69 Å². The summed E-state index contributed by atoms with van der Waals surface area (Å²) in [7, 11) is 0. The van der Waals surface area contributed by atoms with E-state index >= 15 is 4.39 Å². The van der Waals surface area contributed by atoms with Crippen LogP contribution in [-0.4, -0.2) is 82.0 Å². The molecule has 2 aromatic rings. The van der Waals surface area contributed by atoms with Crippen molar-refractivity contribution in [3.63, 3.8) is 0 Å². The van der Waals surface area contributed by atoms with Gasteiger partial charge in [-0.25, -0.2) is 18.3 Å². The summed E-state index contributed by atoms with van der Waals surface area (Å²) in [6.07, 6.45) is 11.5. The first-order chi connectivity index (χ1) is 18.4. The Kier molecular flexibility index (Phi) is 7.02. The van der Waals surface area contributed by atoms with E-state index in [9.17, 15) is 9.18 Å². The van der Waals surface area contributed by atoms with Crippen LogP contribution >= 0.6 is 0 Å². The molecule has 2 aromatic heterocycles. The Morgan fingerprint density at radius 3 is 2.45 bits per heavy atom. The van der Waals surface area contributed by atoms with Crippen LogP contribution in [0.5, 0.6) is 0 Å². The standard InChI is InChI=1S/C27H39F2N7O2/c28-18-13-31-24-20(23(30)34-36(24)15-18)25(37)33-22-21(35-11-9-26(10-12-35)16-38-17-26)19(29)14-32-27(22)7-5-3-1-2-4-6-8-27/h13,15,19,21-22,32H,1-12,14,16-17H2,(H2,30,34)(H,33,37). The van der Waals surface area contributed by atoms with Gasteiger partial charge in [0.2, 0.25) is 0 Å². The molecule has 0 bridgehead atoms. The summed E-state index contributed by atoms with van der Waals surface area (Å²) >= 11 is 0. The fourth-order valence-electron chi connectivity index (χ4n) is 7.27. The van der Waals surface area contributed by atoms with Crippen molar-refractivity contribution in [2.45, 2.75) is 88.0 Å². The number of carbonyl (C=O) groups is 1. The third-order valence-corrected chi connectivity index (χ3v) is 9.53. The number of nitrogens with zero attached hydrogens (tertiary/aromatic N) is 4. The zero-order valence-electron chi connectivity index (χ0n) is 21.9. The Morgan fingerprint density at radius 2 is 1.79 bits per heavy atom. The number of nitrogen functional groups attached to an aromatic ring is 1. The van der Waals surface area contributed by atoms with Crippen LogP contribution in [-0.2, 0) is 4.74 Å². The van der Waals surface area contributed by atoms with Gasteiger partial charge in [-0.1, -0.05) is 38.5 Å². The Labute approximate surface area is 221 Å². The van der Waals surface area contributed by atoms with Crippen LogP contribution < -0.4 is 16.4 Å². The largest absolute Gasteiger partial charge is 0.381 e. The fraction of sp³-hybridized carbons (Fsp3) is 0.741. The summed E-state index contributed by atoms with van der Waals surface area (Å²) < 4.78 is 36.4. The maximum atomic E-state index is 16.0. The fourth-order valence-corrected chi connectivity index (χ4v) is 7.27. The van der Waals surface area contributed by atoms with Gasteiger partial charge in [0.15, 0.2) is 17.3 Å². The number of fused-ring (bicyclic) bond motifs is 1. The first kappa shape index (κ1) is 25.9. The van der Waals surface area contributed by atoms with Gasteiger partial charge in [0, 0.05) is 17.5 Å². The number of alkyl halides is 1. The van der Waals surface area contributed by atoms with Gasteiger partial charge >= 0.3 is 0 Å². The second-order valence-electron chi connectivity index (χ2n) is 11.9. The Balaban J connectivity index is 1.34. The lowest BCUT2D eigenvalue weighted by Crippen LogP contribution is -2.76. The van der Waals surface area contributed by atoms with Crippen LogP contribution in [0.15, 0.2) is 12.4 Å². The molecule has 6 rings (SSSR count). The van der Waals surface area contributed by atoms with E-state index in [4.69, 9.17) is 10.5 Å². The summed E-state index contributed by atoms with van der Waals surface area (Å²) in [5.41, 5.74) is 6.24. The maximum absolute atomic E-state index is 16.0. The number of amides is 1. The van der Waals surface area contributed by atoms with Gasteiger partial charge in [-0.2, -0.15) is 0 Å². The Morgan fingerprint density at radius 1 is 1.11 bits per heavy atom. The monoisotopic (exact) mass is 531 g/mol. The highest BCUT2D eigenvalue weighted by molar-refractivity contribution is 6.04.